The van der Waals surface area contributed by atoms with Crippen LogP contribution >= 0.6 is 11.7 Å². The van der Waals surface area contributed by atoms with Crippen LogP contribution < -0.4 is 0 Å². The van der Waals surface area contributed by atoms with Crippen LogP contribution in [0, 0.1) is 0 Å². The fourth-order valence-corrected chi connectivity index (χ4v) is 0.214. The Labute approximate surface area is 192 Å². The van der Waals surface area contributed by atoms with Gasteiger partial charge in [-0.3, -0.25) is 14.1 Å². The van der Waals surface area contributed by atoms with E-state index in [0.29, 0.717) is 0 Å². The summed E-state index contributed by atoms with van der Waals surface area (Å²) in [6.07, 6.45) is -0.593. The van der Waals surface area contributed by atoms with Gasteiger partial charge in [0.15, 0.2) is 0 Å². The molecule has 0 saturated carbocycles. The van der Waals surface area contributed by atoms with Gasteiger partial charge in [0, 0.05) is 0 Å². The molecule has 0 saturated heterocycles. The molecule has 17 heteroatoms. The number of carboxylic acid groups (broad SMARTS) is 2. The molecule has 0 rings (SSSR count). The van der Waals surface area contributed by atoms with Crippen LogP contribution in [0.1, 0.15) is 12.8 Å². The molecule has 0 spiro atoms. The van der Waals surface area contributed by atoms with Crippen LogP contribution in [0.15, 0.2) is 0 Å². The van der Waals surface area contributed by atoms with Crippen LogP contribution in [-0.4, -0.2) is 151 Å². The summed E-state index contributed by atoms with van der Waals surface area (Å²) in [5, 5.41) is 15.8. The van der Waals surface area contributed by atoms with E-state index in [4.69, 9.17) is 23.2 Å². The Morgan fingerprint density at radius 2 is 0.857 bits per heavy atom. The quantitative estimate of drug-likeness (QED) is 0.155. The third kappa shape index (κ3) is 180. The van der Waals surface area contributed by atoms with Crippen molar-refractivity contribution in [3.8, 4) is 0 Å². The second kappa shape index (κ2) is 37.9. The van der Waals surface area contributed by atoms with Crippen molar-refractivity contribution in [2.24, 2.45) is 0 Å². The Bertz CT molecular complexity index is 260. The van der Waals surface area contributed by atoms with Crippen molar-refractivity contribution in [1.29, 1.82) is 0 Å². The molecule has 0 radical (unpaired) electrons. The number of aliphatic carboxylic acids is 2. The van der Waals surface area contributed by atoms with Crippen LogP contribution in [0.3, 0.4) is 0 Å². The van der Waals surface area contributed by atoms with Gasteiger partial charge in [-0.05, 0) is 11.7 Å². The molecule has 0 aromatic rings. The Balaban J connectivity index is -0.0000000108. The topological polar surface area (TPSA) is 286 Å². The van der Waals surface area contributed by atoms with Gasteiger partial charge in [0.05, 0.1) is 12.8 Å². The Morgan fingerprint density at radius 3 is 0.905 bits per heavy atom. The van der Waals surface area contributed by atoms with Crippen LogP contribution in [0.2, 0.25) is 0 Å². The molecule has 0 aromatic heterocycles. The third-order valence-electron chi connectivity index (χ3n) is 0.553. The maximum atomic E-state index is 9.64. The van der Waals surface area contributed by atoms with E-state index in [0.717, 1.165) is 0 Å². The number of carbonyl (C=O) groups is 2. The van der Waals surface area contributed by atoms with Crippen molar-refractivity contribution in [1.82, 2.24) is 0 Å². The minimum absolute atomic E-state index is 0. The third-order valence-corrected chi connectivity index (χ3v) is 0.553. The predicted molar refractivity (Wildman–Crippen MR) is 84.6 cm³/mol. The van der Waals surface area contributed by atoms with E-state index in [1.165, 1.54) is 0 Å². The Kier molecular flexibility index (Phi) is 119. The van der Waals surface area contributed by atoms with E-state index in [1.54, 1.807) is 0 Å². The maximum absolute atomic E-state index is 9.64. The van der Waals surface area contributed by atoms with Gasteiger partial charge >= 0.3 is 110 Å². The average molecular weight is 394 g/mol. The summed E-state index contributed by atoms with van der Waals surface area (Å²) < 4.78 is 25.5. The Hall–Kier alpha value is 2.00. The zero-order valence-corrected chi connectivity index (χ0v) is 10.5. The predicted octanol–water partition coefficient (Wildman–Crippen LogP) is -6.41. The van der Waals surface area contributed by atoms with Gasteiger partial charge in [0.2, 0.25) is 0 Å². The first-order chi connectivity index (χ1) is 5.63. The molecule has 0 aliphatic rings. The standard InChI is InChI=1S/C4H6O4.3Na.H2O3S2.5H2O.3H/c5-3(6)1-2-4(7)8;;;;1-5(2,3)4;;;;;;;;/h1-2H2,(H,5,6)(H,7,8);;;;(H2,1,2,3,4);5*1H2;;;. The molecule has 0 fully saturated rings. The molecule has 0 heterocycles. The fourth-order valence-electron chi connectivity index (χ4n) is 0.214. The average Bonchev–Trinajstić information content (AvgIpc) is 1.79. The van der Waals surface area contributed by atoms with Gasteiger partial charge in [-0.15, -0.1) is 0 Å². The van der Waals surface area contributed by atoms with Gasteiger partial charge in [0.1, 0.15) is 0 Å². The number of hydrogen-bond donors (Lipinski definition) is 4. The van der Waals surface area contributed by atoms with E-state index >= 15 is 0 Å². The molecule has 0 bridgehead atoms. The minimum atomic E-state index is -3.97. The van der Waals surface area contributed by atoms with Gasteiger partial charge in [0.25, 0.3) is 0 Å². The molecular formula is C4H21Na3O12S2. The van der Waals surface area contributed by atoms with Crippen LogP contribution in [0.25, 0.3) is 0 Å². The van der Waals surface area contributed by atoms with E-state index in [2.05, 4.69) is 11.7 Å². The van der Waals surface area contributed by atoms with Gasteiger partial charge < -0.3 is 37.6 Å². The van der Waals surface area contributed by atoms with Crippen molar-refractivity contribution >= 4 is 121 Å². The number of rotatable bonds is 3. The van der Waals surface area contributed by atoms with Gasteiger partial charge in [-0.2, -0.15) is 8.42 Å². The monoisotopic (exact) mass is 394 g/mol. The summed E-state index contributed by atoms with van der Waals surface area (Å²) in [4.78, 5) is 19.3. The fraction of sp³-hybridized carbons (Fsp3) is 0.500. The van der Waals surface area contributed by atoms with E-state index in [9.17, 15) is 9.59 Å². The molecular weight excluding hydrogens is 373 g/mol. The molecule has 12 nitrogen and oxygen atoms in total. The molecule has 0 aliphatic heterocycles. The molecule has 124 valence electrons. The first-order valence-electron chi connectivity index (χ1n) is 2.76. The SMILES string of the molecule is O.O.O.O.O.O=C(O)CCC(=O)O.O=S(=O)(O)S.[NaH].[NaH].[NaH]. The van der Waals surface area contributed by atoms with Crippen LogP contribution in [0.5, 0.6) is 0 Å². The first-order valence-corrected chi connectivity index (χ1v) is 5.25. The van der Waals surface area contributed by atoms with E-state index in [-0.39, 0.29) is 129 Å². The van der Waals surface area contributed by atoms with Crippen LogP contribution in [0.4, 0.5) is 0 Å². The van der Waals surface area contributed by atoms with Gasteiger partial charge in [-0.25, -0.2) is 0 Å². The number of thiol groups is 1. The summed E-state index contributed by atoms with van der Waals surface area (Å²) in [6.45, 7) is 0. The van der Waals surface area contributed by atoms with Gasteiger partial charge in [-0.1, -0.05) is 0 Å². The summed E-state index contributed by atoms with van der Waals surface area (Å²) in [7, 11) is -3.97. The second-order valence-electron chi connectivity index (χ2n) is 1.74. The van der Waals surface area contributed by atoms with Crippen molar-refractivity contribution in [2.45, 2.75) is 12.8 Å². The second-order valence-corrected chi connectivity index (χ2v) is 4.02. The molecule has 13 N–H and O–H groups in total. The van der Waals surface area contributed by atoms with Crippen molar-refractivity contribution < 1.29 is 60.2 Å². The number of carboxylic acids is 2. The summed E-state index contributed by atoms with van der Waals surface area (Å²) in [6, 6.07) is 0. The normalized spacial score (nSPS) is 6.00. The summed E-state index contributed by atoms with van der Waals surface area (Å²) >= 11 is 2.65. The number of hydrogen-bond acceptors (Lipinski definition) is 4. The zero-order valence-electron chi connectivity index (χ0n) is 8.74. The molecule has 21 heavy (non-hydrogen) atoms. The van der Waals surface area contributed by atoms with E-state index < -0.39 is 21.1 Å². The summed E-state index contributed by atoms with van der Waals surface area (Å²) in [5.41, 5.74) is 0. The van der Waals surface area contributed by atoms with Crippen molar-refractivity contribution in [2.75, 3.05) is 0 Å². The molecule has 0 atom stereocenters. The molecule has 0 unspecified atom stereocenters. The van der Waals surface area contributed by atoms with E-state index in [1.807, 2.05) is 0 Å². The van der Waals surface area contributed by atoms with Crippen molar-refractivity contribution in [3.63, 3.8) is 0 Å². The first kappa shape index (κ1) is 65.9. The molecule has 0 aromatic carbocycles. The zero-order chi connectivity index (χ0) is 11.1. The van der Waals surface area contributed by atoms with Crippen LogP contribution in [-0.2, 0) is 18.7 Å². The molecule has 0 aliphatic carbocycles. The molecule has 0 amide bonds. The summed E-state index contributed by atoms with van der Waals surface area (Å²) in [5.74, 6) is -2.15. The van der Waals surface area contributed by atoms with Crippen molar-refractivity contribution in [3.05, 3.63) is 0 Å². The Morgan fingerprint density at radius 1 is 0.762 bits per heavy atom.